The van der Waals surface area contributed by atoms with E-state index < -0.39 is 47.7 Å². The lowest BCUT2D eigenvalue weighted by Gasteiger charge is -2.08. The number of aromatic nitrogens is 2. The van der Waals surface area contributed by atoms with Crippen molar-refractivity contribution in [3.63, 3.8) is 0 Å². The van der Waals surface area contributed by atoms with Crippen LogP contribution >= 0.6 is 0 Å². The summed E-state index contributed by atoms with van der Waals surface area (Å²) in [5.41, 5.74) is -0.616. The largest absolute Gasteiger partial charge is 0.481 e. The Morgan fingerprint density at radius 3 is 2.71 bits per heavy atom. The zero-order valence-corrected chi connectivity index (χ0v) is 10.8. The molecule has 0 amide bonds. The number of hydrogen-bond donors (Lipinski definition) is 1. The number of rotatable bonds is 7. The fourth-order valence-electron chi connectivity index (χ4n) is 1.43. The van der Waals surface area contributed by atoms with Crippen LogP contribution in [0.1, 0.15) is 25.8 Å². The van der Waals surface area contributed by atoms with Gasteiger partial charge in [-0.25, -0.2) is 0 Å². The molecule has 21 heavy (non-hydrogen) atoms. The fraction of sp³-hybridized carbons (Fsp3) is 0.600. The zero-order chi connectivity index (χ0) is 16.2. The van der Waals surface area contributed by atoms with Crippen LogP contribution in [0.3, 0.4) is 0 Å². The molecule has 0 aliphatic carbocycles. The number of aliphatic carboxylic acids is 1. The lowest BCUT2D eigenvalue weighted by atomic mass is 10.2. The molecule has 8 nitrogen and oxygen atoms in total. The first kappa shape index (κ1) is 16.7. The van der Waals surface area contributed by atoms with Crippen molar-refractivity contribution in [2.24, 2.45) is 0 Å². The molecule has 1 aromatic rings. The van der Waals surface area contributed by atoms with Crippen molar-refractivity contribution in [1.82, 2.24) is 9.78 Å². The average molecular weight is 311 g/mol. The quantitative estimate of drug-likeness (QED) is 0.610. The summed E-state index contributed by atoms with van der Waals surface area (Å²) >= 11 is 0. The third-order valence-electron chi connectivity index (χ3n) is 2.42. The molecule has 1 atom stereocenters. The summed E-state index contributed by atoms with van der Waals surface area (Å²) in [4.78, 5) is 20.5. The normalized spacial score (nSPS) is 13.0. The van der Waals surface area contributed by atoms with Crippen molar-refractivity contribution < 1.29 is 32.7 Å². The third kappa shape index (κ3) is 5.28. The van der Waals surface area contributed by atoms with E-state index in [4.69, 9.17) is 5.11 Å². The van der Waals surface area contributed by atoms with E-state index in [0.717, 1.165) is 10.9 Å². The van der Waals surface area contributed by atoms with Crippen LogP contribution in [-0.2, 0) is 4.79 Å². The van der Waals surface area contributed by atoms with Crippen LogP contribution in [0.5, 0.6) is 5.88 Å². The summed E-state index contributed by atoms with van der Waals surface area (Å²) in [5.74, 6) is -1.71. The van der Waals surface area contributed by atoms with Crippen LogP contribution in [0.4, 0.5) is 18.9 Å². The first-order valence-electron chi connectivity index (χ1n) is 5.75. The molecule has 0 saturated carbocycles. The van der Waals surface area contributed by atoms with Gasteiger partial charge in [-0.3, -0.25) is 19.6 Å². The molecule has 0 aromatic carbocycles. The SMILES string of the molecule is C[C@@H](CC(=O)O)n1cc([N+](=O)[O-])c(OCCC(F)(F)F)n1. The van der Waals surface area contributed by atoms with Gasteiger partial charge in [-0.05, 0) is 6.92 Å². The Morgan fingerprint density at radius 1 is 1.62 bits per heavy atom. The Morgan fingerprint density at radius 2 is 2.24 bits per heavy atom. The van der Waals surface area contributed by atoms with Crippen LogP contribution in [0.15, 0.2) is 6.20 Å². The number of carboxylic acids is 1. The lowest BCUT2D eigenvalue weighted by Crippen LogP contribution is -2.14. The van der Waals surface area contributed by atoms with E-state index in [2.05, 4.69) is 9.84 Å². The van der Waals surface area contributed by atoms with Gasteiger partial charge in [-0.2, -0.15) is 13.2 Å². The molecule has 0 saturated heterocycles. The van der Waals surface area contributed by atoms with E-state index >= 15 is 0 Å². The summed E-state index contributed by atoms with van der Waals surface area (Å²) in [5, 5.41) is 23.0. The van der Waals surface area contributed by atoms with E-state index in [-0.39, 0.29) is 6.42 Å². The Hall–Kier alpha value is -2.33. The molecule has 1 heterocycles. The summed E-state index contributed by atoms with van der Waals surface area (Å²) in [6, 6.07) is -0.707. The lowest BCUT2D eigenvalue weighted by molar-refractivity contribution is -0.386. The second-order valence-corrected chi connectivity index (χ2v) is 4.22. The number of hydrogen-bond acceptors (Lipinski definition) is 5. The number of halogens is 3. The Labute approximate surface area is 116 Å². The highest BCUT2D eigenvalue weighted by atomic mass is 19.4. The number of carboxylic acid groups (broad SMARTS) is 1. The van der Waals surface area contributed by atoms with Gasteiger partial charge in [-0.1, -0.05) is 0 Å². The van der Waals surface area contributed by atoms with E-state index in [1.807, 2.05) is 0 Å². The van der Waals surface area contributed by atoms with Gasteiger partial charge in [0.05, 0.1) is 30.4 Å². The first-order valence-corrected chi connectivity index (χ1v) is 5.75. The Balaban J connectivity index is 2.84. The molecule has 0 aliphatic rings. The number of nitro groups is 1. The van der Waals surface area contributed by atoms with Gasteiger partial charge in [-0.15, -0.1) is 5.10 Å². The van der Waals surface area contributed by atoms with Crippen LogP contribution in [0.25, 0.3) is 0 Å². The van der Waals surface area contributed by atoms with Gasteiger partial charge in [0.1, 0.15) is 6.20 Å². The predicted molar refractivity (Wildman–Crippen MR) is 62.0 cm³/mol. The van der Waals surface area contributed by atoms with E-state index in [0.29, 0.717) is 0 Å². The molecule has 118 valence electrons. The topological polar surface area (TPSA) is 107 Å². The fourth-order valence-corrected chi connectivity index (χ4v) is 1.43. The number of nitrogens with zero attached hydrogens (tertiary/aromatic N) is 3. The number of carbonyl (C=O) groups is 1. The van der Waals surface area contributed by atoms with Gasteiger partial charge in [0.15, 0.2) is 0 Å². The highest BCUT2D eigenvalue weighted by molar-refractivity contribution is 5.67. The van der Waals surface area contributed by atoms with Crippen molar-refractivity contribution in [2.45, 2.75) is 32.0 Å². The predicted octanol–water partition coefficient (Wildman–Crippen LogP) is 2.16. The van der Waals surface area contributed by atoms with Gasteiger partial charge in [0.25, 0.3) is 0 Å². The number of ether oxygens (including phenoxy) is 1. The molecule has 1 aromatic heterocycles. The summed E-state index contributed by atoms with van der Waals surface area (Å²) in [6.45, 7) is 0.638. The molecule has 1 rings (SSSR count). The Kier molecular flexibility index (Phi) is 5.11. The highest BCUT2D eigenvalue weighted by Crippen LogP contribution is 2.28. The molecule has 1 N–H and O–H groups in total. The van der Waals surface area contributed by atoms with Gasteiger partial charge in [0.2, 0.25) is 0 Å². The summed E-state index contributed by atoms with van der Waals surface area (Å²) < 4.78 is 41.6. The van der Waals surface area contributed by atoms with E-state index in [9.17, 15) is 28.1 Å². The second kappa shape index (κ2) is 6.41. The maximum absolute atomic E-state index is 12.0. The van der Waals surface area contributed by atoms with Crippen LogP contribution in [0.2, 0.25) is 0 Å². The average Bonchev–Trinajstić information content (AvgIpc) is 2.70. The van der Waals surface area contributed by atoms with Gasteiger partial charge in [0, 0.05) is 0 Å². The minimum atomic E-state index is -4.45. The molecule has 0 fully saturated rings. The summed E-state index contributed by atoms with van der Waals surface area (Å²) in [7, 11) is 0. The maximum Gasteiger partial charge on any atom is 0.392 e. The van der Waals surface area contributed by atoms with E-state index in [1.54, 1.807) is 0 Å². The molecule has 0 bridgehead atoms. The molecule has 0 radical (unpaired) electrons. The molecular formula is C10H12F3N3O5. The van der Waals surface area contributed by atoms with Crippen molar-refractivity contribution >= 4 is 11.7 Å². The van der Waals surface area contributed by atoms with Crippen LogP contribution in [0, 0.1) is 10.1 Å². The molecule has 11 heteroatoms. The van der Waals surface area contributed by atoms with Crippen LogP contribution in [-0.4, -0.2) is 38.6 Å². The zero-order valence-electron chi connectivity index (χ0n) is 10.8. The highest BCUT2D eigenvalue weighted by Gasteiger charge is 2.29. The van der Waals surface area contributed by atoms with Crippen molar-refractivity contribution in [3.05, 3.63) is 16.3 Å². The van der Waals surface area contributed by atoms with Gasteiger partial charge < -0.3 is 9.84 Å². The Bertz CT molecular complexity index is 528. The van der Waals surface area contributed by atoms with Crippen LogP contribution < -0.4 is 4.74 Å². The molecule has 0 spiro atoms. The second-order valence-electron chi connectivity index (χ2n) is 4.22. The first-order chi connectivity index (χ1) is 9.60. The minimum absolute atomic E-state index is 0.346. The molecule has 0 aliphatic heterocycles. The van der Waals surface area contributed by atoms with Gasteiger partial charge >= 0.3 is 23.7 Å². The minimum Gasteiger partial charge on any atom is -0.481 e. The maximum atomic E-state index is 12.0. The van der Waals surface area contributed by atoms with Crippen molar-refractivity contribution in [1.29, 1.82) is 0 Å². The smallest absolute Gasteiger partial charge is 0.392 e. The van der Waals surface area contributed by atoms with Crippen molar-refractivity contribution in [3.8, 4) is 5.88 Å². The molecular weight excluding hydrogens is 299 g/mol. The van der Waals surface area contributed by atoms with Crippen molar-refractivity contribution in [2.75, 3.05) is 6.61 Å². The van der Waals surface area contributed by atoms with E-state index in [1.165, 1.54) is 6.92 Å². The monoisotopic (exact) mass is 311 g/mol. The third-order valence-corrected chi connectivity index (χ3v) is 2.42. The molecule has 0 unspecified atom stereocenters. The number of alkyl halides is 3. The standard InChI is InChI=1S/C10H12F3N3O5/c1-6(4-8(17)18)15-5-7(16(19)20)9(14-15)21-3-2-10(11,12)13/h5-6H,2-4H2,1H3,(H,17,18)/t6-/m0/s1. The summed E-state index contributed by atoms with van der Waals surface area (Å²) in [6.07, 6.45) is -5.15.